The zero-order chi connectivity index (χ0) is 20.1. The minimum atomic E-state index is 0.183. The summed E-state index contributed by atoms with van der Waals surface area (Å²) in [6.07, 6.45) is 13.2. The lowest BCUT2D eigenvalue weighted by Gasteiger charge is -2.33. The number of nitrogens with one attached hydrogen (secondary N) is 1. The van der Waals surface area contributed by atoms with Gasteiger partial charge in [0.25, 0.3) is 0 Å². The maximum Gasteiger partial charge on any atom is 0.236 e. The van der Waals surface area contributed by atoms with Gasteiger partial charge in [-0.05, 0) is 44.4 Å². The van der Waals surface area contributed by atoms with Gasteiger partial charge in [-0.25, -0.2) is 9.97 Å². The van der Waals surface area contributed by atoms with Crippen LogP contribution in [0.3, 0.4) is 0 Å². The number of hydrogen-bond donors (Lipinski definition) is 1. The summed E-state index contributed by atoms with van der Waals surface area (Å²) in [6.45, 7) is 1.42. The Bertz CT molecular complexity index is 808. The molecular formula is C22H30N6O. The van der Waals surface area contributed by atoms with E-state index in [0.717, 1.165) is 43.7 Å². The maximum absolute atomic E-state index is 12.9. The summed E-state index contributed by atoms with van der Waals surface area (Å²) in [5.41, 5.74) is 1.00. The second-order valence-corrected chi connectivity index (χ2v) is 8.09. The van der Waals surface area contributed by atoms with Gasteiger partial charge in [-0.3, -0.25) is 14.7 Å². The first-order valence-corrected chi connectivity index (χ1v) is 10.7. The summed E-state index contributed by atoms with van der Waals surface area (Å²) in [5.74, 6) is 1.66. The van der Waals surface area contributed by atoms with Gasteiger partial charge in [0.1, 0.15) is 11.6 Å². The largest absolute Gasteiger partial charge is 0.342 e. The van der Waals surface area contributed by atoms with Crippen LogP contribution >= 0.6 is 0 Å². The lowest BCUT2D eigenvalue weighted by molar-refractivity contribution is -0.134. The Labute approximate surface area is 172 Å². The van der Waals surface area contributed by atoms with Crippen molar-refractivity contribution in [1.82, 2.24) is 24.8 Å². The molecule has 0 unspecified atom stereocenters. The second kappa shape index (κ2) is 9.31. The number of rotatable bonds is 6. The summed E-state index contributed by atoms with van der Waals surface area (Å²) in [6, 6.07) is 6.59. The number of anilines is 2. The lowest BCUT2D eigenvalue weighted by Crippen LogP contribution is -2.44. The molecule has 1 amide bonds. The molecule has 2 aromatic heterocycles. The standard InChI is InChI=1S/C22H30N6O/c1-27(17-7-3-2-4-8-17)22(29)16-28-14-6-10-19(28)18-9-5-11-20(25-18)26-21-15-23-12-13-24-21/h5,9,11-13,15,17,19H,2-4,6-8,10,14,16H2,1H3,(H,24,25,26)/t19-/m1/s1. The number of likely N-dealkylation sites (tertiary alicyclic amines) is 1. The van der Waals surface area contributed by atoms with Gasteiger partial charge in [0, 0.05) is 25.5 Å². The first-order valence-electron chi connectivity index (χ1n) is 10.7. The molecule has 1 saturated carbocycles. The summed E-state index contributed by atoms with van der Waals surface area (Å²) in [5, 5.41) is 3.21. The van der Waals surface area contributed by atoms with E-state index in [1.165, 1.54) is 19.3 Å². The Kier molecular flexibility index (Phi) is 6.34. The van der Waals surface area contributed by atoms with Crippen molar-refractivity contribution in [3.8, 4) is 0 Å². The number of hydrogen-bond acceptors (Lipinski definition) is 6. The molecule has 1 saturated heterocycles. The van der Waals surface area contributed by atoms with Crippen molar-refractivity contribution in [3.05, 3.63) is 42.5 Å². The third-order valence-electron chi connectivity index (χ3n) is 6.15. The van der Waals surface area contributed by atoms with E-state index in [4.69, 9.17) is 4.98 Å². The average Bonchev–Trinajstić information content (AvgIpc) is 3.23. The van der Waals surface area contributed by atoms with Gasteiger partial charge in [0.2, 0.25) is 5.91 Å². The van der Waals surface area contributed by atoms with E-state index in [-0.39, 0.29) is 11.9 Å². The van der Waals surface area contributed by atoms with Gasteiger partial charge in [0.15, 0.2) is 0 Å². The third kappa shape index (κ3) is 4.90. The summed E-state index contributed by atoms with van der Waals surface area (Å²) in [4.78, 5) is 30.3. The molecule has 7 heteroatoms. The number of nitrogens with zero attached hydrogens (tertiary/aromatic N) is 5. The first-order chi connectivity index (χ1) is 14.2. The van der Waals surface area contributed by atoms with E-state index in [1.807, 2.05) is 24.1 Å². The van der Waals surface area contributed by atoms with Crippen LogP contribution in [0.4, 0.5) is 11.6 Å². The third-order valence-corrected chi connectivity index (χ3v) is 6.15. The number of carbonyl (C=O) groups is 1. The predicted octanol–water partition coefficient (Wildman–Crippen LogP) is 3.54. The molecule has 2 aliphatic rings. The molecule has 0 aromatic carbocycles. The van der Waals surface area contributed by atoms with E-state index in [2.05, 4.69) is 26.3 Å². The molecule has 1 atom stereocenters. The molecule has 29 heavy (non-hydrogen) atoms. The van der Waals surface area contributed by atoms with Crippen LogP contribution in [0.25, 0.3) is 0 Å². The highest BCUT2D eigenvalue weighted by molar-refractivity contribution is 5.78. The topological polar surface area (TPSA) is 74.2 Å². The molecule has 2 fully saturated rings. The molecule has 0 spiro atoms. The fraction of sp³-hybridized carbons (Fsp3) is 0.545. The van der Waals surface area contributed by atoms with E-state index in [0.29, 0.717) is 18.4 Å². The molecule has 4 rings (SSSR count). The summed E-state index contributed by atoms with van der Waals surface area (Å²) < 4.78 is 0. The maximum atomic E-state index is 12.9. The Morgan fingerprint density at radius 2 is 2.00 bits per heavy atom. The van der Waals surface area contributed by atoms with Gasteiger partial charge < -0.3 is 10.2 Å². The predicted molar refractivity (Wildman–Crippen MR) is 113 cm³/mol. The number of pyridine rings is 1. The van der Waals surface area contributed by atoms with Crippen LogP contribution in [0.5, 0.6) is 0 Å². The number of amides is 1. The monoisotopic (exact) mass is 394 g/mol. The molecule has 2 aromatic rings. The van der Waals surface area contributed by atoms with Gasteiger partial charge in [-0.15, -0.1) is 0 Å². The highest BCUT2D eigenvalue weighted by Gasteiger charge is 2.31. The minimum absolute atomic E-state index is 0.183. The Balaban J connectivity index is 1.41. The Hall–Kier alpha value is -2.54. The molecule has 7 nitrogen and oxygen atoms in total. The molecule has 0 bridgehead atoms. The average molecular weight is 395 g/mol. The molecule has 1 aliphatic heterocycles. The van der Waals surface area contributed by atoms with Gasteiger partial charge in [-0.2, -0.15) is 0 Å². The zero-order valence-electron chi connectivity index (χ0n) is 17.1. The highest BCUT2D eigenvalue weighted by atomic mass is 16.2. The quantitative estimate of drug-likeness (QED) is 0.808. The molecule has 1 N–H and O–H groups in total. The molecular weight excluding hydrogens is 364 g/mol. The van der Waals surface area contributed by atoms with Crippen molar-refractivity contribution in [1.29, 1.82) is 0 Å². The Morgan fingerprint density at radius 1 is 1.14 bits per heavy atom. The minimum Gasteiger partial charge on any atom is -0.342 e. The SMILES string of the molecule is CN(C(=O)CN1CCC[C@@H]1c1cccc(Nc2cnccn2)n1)C1CCCCC1. The molecule has 3 heterocycles. The van der Waals surface area contributed by atoms with E-state index in [1.54, 1.807) is 18.6 Å². The van der Waals surface area contributed by atoms with Crippen LogP contribution in [0.15, 0.2) is 36.8 Å². The normalized spacial score (nSPS) is 20.5. The van der Waals surface area contributed by atoms with Crippen molar-refractivity contribution in [2.45, 2.75) is 57.0 Å². The lowest BCUT2D eigenvalue weighted by atomic mass is 9.94. The van der Waals surface area contributed by atoms with Crippen molar-refractivity contribution < 1.29 is 4.79 Å². The van der Waals surface area contributed by atoms with Crippen molar-refractivity contribution in [2.24, 2.45) is 0 Å². The van der Waals surface area contributed by atoms with Crippen LogP contribution in [0.1, 0.15) is 56.7 Å². The van der Waals surface area contributed by atoms with Crippen molar-refractivity contribution in [2.75, 3.05) is 25.5 Å². The van der Waals surface area contributed by atoms with Crippen LogP contribution < -0.4 is 5.32 Å². The van der Waals surface area contributed by atoms with Gasteiger partial charge >= 0.3 is 0 Å². The van der Waals surface area contributed by atoms with Crippen molar-refractivity contribution >= 4 is 17.5 Å². The van der Waals surface area contributed by atoms with E-state index in [9.17, 15) is 4.79 Å². The summed E-state index contributed by atoms with van der Waals surface area (Å²) >= 11 is 0. The highest BCUT2D eigenvalue weighted by Crippen LogP contribution is 2.32. The van der Waals surface area contributed by atoms with Crippen molar-refractivity contribution in [3.63, 3.8) is 0 Å². The zero-order valence-corrected chi connectivity index (χ0v) is 17.1. The fourth-order valence-corrected chi connectivity index (χ4v) is 4.51. The number of carbonyl (C=O) groups excluding carboxylic acids is 1. The Morgan fingerprint density at radius 3 is 2.79 bits per heavy atom. The van der Waals surface area contributed by atoms with Crippen LogP contribution in [0, 0.1) is 0 Å². The fourth-order valence-electron chi connectivity index (χ4n) is 4.51. The van der Waals surface area contributed by atoms with E-state index < -0.39 is 0 Å². The smallest absolute Gasteiger partial charge is 0.236 e. The molecule has 1 aliphatic carbocycles. The van der Waals surface area contributed by atoms with Crippen LogP contribution in [0.2, 0.25) is 0 Å². The van der Waals surface area contributed by atoms with Crippen LogP contribution in [-0.4, -0.2) is 56.8 Å². The molecule has 154 valence electrons. The second-order valence-electron chi connectivity index (χ2n) is 8.09. The van der Waals surface area contributed by atoms with E-state index >= 15 is 0 Å². The first kappa shape index (κ1) is 19.8. The van der Waals surface area contributed by atoms with Crippen LogP contribution in [-0.2, 0) is 4.79 Å². The number of likely N-dealkylation sites (N-methyl/N-ethyl adjacent to an activating group) is 1. The number of aromatic nitrogens is 3. The summed E-state index contributed by atoms with van der Waals surface area (Å²) in [7, 11) is 1.98. The van der Waals surface area contributed by atoms with Gasteiger partial charge in [0.05, 0.1) is 24.5 Å². The van der Waals surface area contributed by atoms with Gasteiger partial charge in [-0.1, -0.05) is 25.3 Å². The molecule has 0 radical (unpaired) electrons.